The van der Waals surface area contributed by atoms with E-state index < -0.39 is 0 Å². The summed E-state index contributed by atoms with van der Waals surface area (Å²) in [6.07, 6.45) is 2.18. The van der Waals surface area contributed by atoms with Crippen LogP contribution in [0.5, 0.6) is 11.5 Å². The zero-order valence-corrected chi connectivity index (χ0v) is 14.5. The second-order valence-electron chi connectivity index (χ2n) is 5.80. The van der Waals surface area contributed by atoms with Crippen LogP contribution in [0.3, 0.4) is 0 Å². The number of benzene rings is 2. The maximum absolute atomic E-state index is 12.7. The first-order chi connectivity index (χ1) is 11.6. The van der Waals surface area contributed by atoms with Crippen molar-refractivity contribution in [1.29, 1.82) is 0 Å². The lowest BCUT2D eigenvalue weighted by molar-refractivity contribution is 0.0931. The Morgan fingerprint density at radius 2 is 1.79 bits per heavy atom. The van der Waals surface area contributed by atoms with Crippen molar-refractivity contribution in [3.8, 4) is 11.5 Å². The minimum Gasteiger partial charge on any atom is -0.455 e. The topological polar surface area (TPSA) is 64.3 Å². The van der Waals surface area contributed by atoms with Crippen molar-refractivity contribution in [2.45, 2.75) is 18.9 Å². The summed E-state index contributed by atoms with van der Waals surface area (Å²) in [5.41, 5.74) is 6.05. The van der Waals surface area contributed by atoms with Crippen molar-refractivity contribution >= 4 is 29.1 Å². The van der Waals surface area contributed by atoms with Gasteiger partial charge in [-0.3, -0.25) is 4.79 Å². The molecule has 1 unspecified atom stereocenters. The Labute approximate surface area is 150 Å². The van der Waals surface area contributed by atoms with E-state index in [1.807, 2.05) is 12.1 Å². The molecule has 1 aliphatic carbocycles. The van der Waals surface area contributed by atoms with Crippen LogP contribution < -0.4 is 15.8 Å². The van der Waals surface area contributed by atoms with Gasteiger partial charge in [-0.1, -0.05) is 41.4 Å². The third-order valence-electron chi connectivity index (χ3n) is 4.02. The fraction of sp³-hybridized carbons (Fsp3) is 0.278. The molecule has 0 spiro atoms. The summed E-state index contributed by atoms with van der Waals surface area (Å²) in [4.78, 5) is 12.7. The predicted molar refractivity (Wildman–Crippen MR) is 96.0 cm³/mol. The lowest BCUT2D eigenvalue weighted by Crippen LogP contribution is -2.41. The van der Waals surface area contributed by atoms with Crippen LogP contribution >= 0.6 is 23.2 Å². The molecular weight excluding hydrogens is 347 g/mol. The molecule has 3 rings (SSSR count). The Hall–Kier alpha value is -1.75. The van der Waals surface area contributed by atoms with Crippen LogP contribution in [-0.2, 0) is 0 Å². The number of carbonyl (C=O) groups is 1. The molecule has 2 aromatic rings. The first-order valence-corrected chi connectivity index (χ1v) is 8.57. The van der Waals surface area contributed by atoms with E-state index in [1.54, 1.807) is 30.3 Å². The van der Waals surface area contributed by atoms with Gasteiger partial charge in [0.1, 0.15) is 17.1 Å². The van der Waals surface area contributed by atoms with Crippen LogP contribution in [0.4, 0.5) is 0 Å². The number of amides is 1. The molecule has 4 nitrogen and oxygen atoms in total. The van der Waals surface area contributed by atoms with Crippen molar-refractivity contribution in [1.82, 2.24) is 5.32 Å². The number of nitrogens with two attached hydrogens (primary N) is 1. The molecule has 1 atom stereocenters. The molecule has 0 aliphatic heterocycles. The maximum atomic E-state index is 12.7. The van der Waals surface area contributed by atoms with Gasteiger partial charge in [-0.05, 0) is 43.0 Å². The van der Waals surface area contributed by atoms with Crippen molar-refractivity contribution in [3.05, 3.63) is 58.1 Å². The van der Waals surface area contributed by atoms with Gasteiger partial charge in [0.2, 0.25) is 0 Å². The van der Waals surface area contributed by atoms with Crippen molar-refractivity contribution in [3.63, 3.8) is 0 Å². The highest BCUT2D eigenvalue weighted by Crippen LogP contribution is 2.35. The van der Waals surface area contributed by atoms with Gasteiger partial charge in [-0.2, -0.15) is 0 Å². The monoisotopic (exact) mass is 364 g/mol. The second kappa shape index (κ2) is 7.43. The molecule has 0 bridgehead atoms. The normalized spacial score (nSPS) is 15.0. The van der Waals surface area contributed by atoms with Crippen LogP contribution in [0.15, 0.2) is 42.5 Å². The molecular formula is C18H18Cl2N2O2. The minimum atomic E-state index is -0.287. The van der Waals surface area contributed by atoms with Gasteiger partial charge >= 0.3 is 0 Å². The van der Waals surface area contributed by atoms with Crippen LogP contribution in [0.1, 0.15) is 23.2 Å². The summed E-state index contributed by atoms with van der Waals surface area (Å²) in [5.74, 6) is 0.993. The number of halogens is 2. The third kappa shape index (κ3) is 3.83. The van der Waals surface area contributed by atoms with Gasteiger partial charge in [-0.25, -0.2) is 0 Å². The van der Waals surface area contributed by atoms with E-state index in [1.165, 1.54) is 0 Å². The molecule has 6 heteroatoms. The fourth-order valence-electron chi connectivity index (χ4n) is 2.56. The molecule has 0 radical (unpaired) electrons. The largest absolute Gasteiger partial charge is 0.455 e. The first kappa shape index (κ1) is 17.1. The lowest BCUT2D eigenvalue weighted by atomic mass is 10.1. The van der Waals surface area contributed by atoms with E-state index in [0.717, 1.165) is 12.8 Å². The quantitative estimate of drug-likeness (QED) is 0.804. The van der Waals surface area contributed by atoms with Crippen LogP contribution in [0, 0.1) is 5.92 Å². The molecule has 1 amide bonds. The molecule has 3 N–H and O–H groups in total. The lowest BCUT2D eigenvalue weighted by Gasteiger charge is -2.18. The Morgan fingerprint density at radius 1 is 1.12 bits per heavy atom. The van der Waals surface area contributed by atoms with Gasteiger partial charge in [0, 0.05) is 12.6 Å². The molecule has 0 saturated heterocycles. The highest BCUT2D eigenvalue weighted by Gasteiger charge is 2.32. The molecule has 1 aliphatic rings. The van der Waals surface area contributed by atoms with E-state index in [0.29, 0.717) is 34.0 Å². The van der Waals surface area contributed by atoms with Crippen molar-refractivity contribution in [2.75, 3.05) is 6.54 Å². The van der Waals surface area contributed by atoms with Gasteiger partial charge < -0.3 is 15.8 Å². The second-order valence-corrected chi connectivity index (χ2v) is 6.61. The highest BCUT2D eigenvalue weighted by molar-refractivity contribution is 6.34. The number of hydrogen-bond donors (Lipinski definition) is 2. The summed E-state index contributed by atoms with van der Waals surface area (Å²) in [5, 5.41) is 3.75. The zero-order valence-electron chi connectivity index (χ0n) is 13.0. The van der Waals surface area contributed by atoms with E-state index in [-0.39, 0.29) is 17.5 Å². The molecule has 2 aromatic carbocycles. The number of rotatable bonds is 6. The minimum absolute atomic E-state index is 0.0399. The number of carbonyl (C=O) groups excluding carboxylic acids is 1. The number of ether oxygens (including phenoxy) is 1. The Balaban J connectivity index is 1.87. The van der Waals surface area contributed by atoms with Crippen molar-refractivity contribution in [2.24, 2.45) is 11.7 Å². The molecule has 0 aromatic heterocycles. The Kier molecular flexibility index (Phi) is 5.29. The summed E-state index contributed by atoms with van der Waals surface area (Å²) >= 11 is 12.4. The third-order valence-corrected chi connectivity index (χ3v) is 4.65. The standard InChI is InChI=1S/C18H18Cl2N2O2/c19-12-4-1-2-6-15(12)24-16-7-3-5-13(20)17(16)18(23)22-14(10-21)11-8-9-11/h1-7,11,14H,8-10,21H2,(H,22,23). The SMILES string of the molecule is NCC(NC(=O)c1c(Cl)cccc1Oc1ccccc1Cl)C1CC1. The van der Waals surface area contributed by atoms with E-state index in [9.17, 15) is 4.79 Å². The molecule has 24 heavy (non-hydrogen) atoms. The highest BCUT2D eigenvalue weighted by atomic mass is 35.5. The van der Waals surface area contributed by atoms with Gasteiger partial charge in [0.05, 0.1) is 10.0 Å². The maximum Gasteiger partial charge on any atom is 0.256 e. The first-order valence-electron chi connectivity index (χ1n) is 7.82. The number of hydrogen-bond acceptors (Lipinski definition) is 3. The number of nitrogens with one attached hydrogen (secondary N) is 1. The zero-order chi connectivity index (χ0) is 17.1. The molecule has 1 fully saturated rings. The van der Waals surface area contributed by atoms with Gasteiger partial charge in [-0.15, -0.1) is 0 Å². The average Bonchev–Trinajstić information content (AvgIpc) is 3.39. The molecule has 126 valence electrons. The van der Waals surface area contributed by atoms with Gasteiger partial charge in [0.15, 0.2) is 0 Å². The van der Waals surface area contributed by atoms with E-state index in [4.69, 9.17) is 33.7 Å². The van der Waals surface area contributed by atoms with Crippen molar-refractivity contribution < 1.29 is 9.53 Å². The Morgan fingerprint density at radius 3 is 2.46 bits per heavy atom. The van der Waals surface area contributed by atoms with Crippen LogP contribution in [-0.4, -0.2) is 18.5 Å². The van der Waals surface area contributed by atoms with Gasteiger partial charge in [0.25, 0.3) is 5.91 Å². The van der Waals surface area contributed by atoms with E-state index in [2.05, 4.69) is 5.32 Å². The number of para-hydroxylation sites is 1. The summed E-state index contributed by atoms with van der Waals surface area (Å²) in [7, 11) is 0. The smallest absolute Gasteiger partial charge is 0.256 e. The fourth-order valence-corrected chi connectivity index (χ4v) is 2.99. The summed E-state index contributed by atoms with van der Waals surface area (Å²) in [6, 6.07) is 12.1. The van der Waals surface area contributed by atoms with Crippen LogP contribution in [0.25, 0.3) is 0 Å². The summed E-state index contributed by atoms with van der Waals surface area (Å²) < 4.78 is 5.83. The van der Waals surface area contributed by atoms with E-state index >= 15 is 0 Å². The Bertz CT molecular complexity index is 748. The molecule has 1 saturated carbocycles. The summed E-state index contributed by atoms with van der Waals surface area (Å²) in [6.45, 7) is 0.404. The average molecular weight is 365 g/mol. The molecule has 0 heterocycles. The predicted octanol–water partition coefficient (Wildman–Crippen LogP) is 4.25. The van der Waals surface area contributed by atoms with Crippen LogP contribution in [0.2, 0.25) is 10.0 Å².